The molecule has 7 heteroatoms. The number of aromatic nitrogens is 4. The standard InChI is InChI=1S/C10H15N5O2/c1-5-7-8(14(3)13-5)15(10(11)12-7)6(2)9(16)17-4/h6H,1-4H3,(H2,11,12). The third-order valence-corrected chi connectivity index (χ3v) is 2.79. The number of rotatable bonds is 2. The Morgan fingerprint density at radius 1 is 1.53 bits per heavy atom. The molecule has 0 spiro atoms. The van der Waals surface area contributed by atoms with Crippen LogP contribution in [0.3, 0.4) is 0 Å². The minimum absolute atomic E-state index is 0.286. The zero-order chi connectivity index (χ0) is 12.7. The Morgan fingerprint density at radius 2 is 2.18 bits per heavy atom. The van der Waals surface area contributed by atoms with Crippen LogP contribution in [0.5, 0.6) is 0 Å². The number of hydrogen-bond donors (Lipinski definition) is 1. The Bertz CT molecular complexity index is 583. The second-order valence-electron chi connectivity index (χ2n) is 3.92. The summed E-state index contributed by atoms with van der Waals surface area (Å²) >= 11 is 0. The molecule has 2 aromatic heterocycles. The Labute approximate surface area is 98.2 Å². The monoisotopic (exact) mass is 237 g/mol. The first-order chi connectivity index (χ1) is 7.97. The molecule has 0 aliphatic rings. The maximum atomic E-state index is 11.6. The van der Waals surface area contributed by atoms with Gasteiger partial charge in [-0.15, -0.1) is 0 Å². The highest BCUT2D eigenvalue weighted by Gasteiger charge is 2.24. The first kappa shape index (κ1) is 11.4. The lowest BCUT2D eigenvalue weighted by Gasteiger charge is -2.13. The van der Waals surface area contributed by atoms with Crippen molar-refractivity contribution < 1.29 is 9.53 Å². The van der Waals surface area contributed by atoms with Crippen molar-refractivity contribution in [3.8, 4) is 0 Å². The van der Waals surface area contributed by atoms with E-state index in [-0.39, 0.29) is 11.9 Å². The van der Waals surface area contributed by atoms with E-state index in [0.717, 1.165) is 11.3 Å². The molecule has 0 fully saturated rings. The van der Waals surface area contributed by atoms with Crippen LogP contribution in [-0.2, 0) is 16.6 Å². The predicted octanol–water partition coefficient (Wildman–Crippen LogP) is 0.394. The summed E-state index contributed by atoms with van der Waals surface area (Å²) in [5.41, 5.74) is 8.04. The summed E-state index contributed by atoms with van der Waals surface area (Å²) in [5, 5.41) is 4.25. The molecule has 0 amide bonds. The van der Waals surface area contributed by atoms with Gasteiger partial charge in [0.05, 0.1) is 12.8 Å². The van der Waals surface area contributed by atoms with Crippen LogP contribution < -0.4 is 5.73 Å². The molecule has 0 saturated carbocycles. The van der Waals surface area contributed by atoms with Crippen LogP contribution in [0.1, 0.15) is 18.7 Å². The summed E-state index contributed by atoms with van der Waals surface area (Å²) in [5.74, 6) is -0.0798. The number of nitrogens with zero attached hydrogens (tertiary/aromatic N) is 4. The maximum absolute atomic E-state index is 11.6. The zero-order valence-electron chi connectivity index (χ0n) is 10.3. The highest BCUT2D eigenvalue weighted by Crippen LogP contribution is 2.24. The van der Waals surface area contributed by atoms with Crippen LogP contribution in [0.4, 0.5) is 5.95 Å². The summed E-state index contributed by atoms with van der Waals surface area (Å²) in [6, 6.07) is -0.528. The second kappa shape index (κ2) is 3.76. The van der Waals surface area contributed by atoms with E-state index in [1.54, 1.807) is 23.2 Å². The van der Waals surface area contributed by atoms with Gasteiger partial charge in [-0.1, -0.05) is 0 Å². The first-order valence-electron chi connectivity index (χ1n) is 5.22. The third-order valence-electron chi connectivity index (χ3n) is 2.79. The van der Waals surface area contributed by atoms with Gasteiger partial charge in [0.2, 0.25) is 5.95 Å². The van der Waals surface area contributed by atoms with E-state index in [2.05, 4.69) is 10.1 Å². The smallest absolute Gasteiger partial charge is 0.328 e. The van der Waals surface area contributed by atoms with E-state index < -0.39 is 6.04 Å². The Morgan fingerprint density at radius 3 is 2.76 bits per heavy atom. The molecule has 2 heterocycles. The molecule has 92 valence electrons. The quantitative estimate of drug-likeness (QED) is 0.763. The number of fused-ring (bicyclic) bond motifs is 1. The average molecular weight is 237 g/mol. The molecule has 0 aliphatic heterocycles. The minimum atomic E-state index is -0.528. The molecule has 0 saturated heterocycles. The number of hydrogen-bond acceptors (Lipinski definition) is 5. The van der Waals surface area contributed by atoms with Crippen molar-refractivity contribution in [1.29, 1.82) is 0 Å². The Balaban J connectivity index is 2.68. The van der Waals surface area contributed by atoms with Crippen molar-refractivity contribution in [2.45, 2.75) is 19.9 Å². The largest absolute Gasteiger partial charge is 0.467 e. The summed E-state index contributed by atoms with van der Waals surface area (Å²) in [6.07, 6.45) is 0. The fraction of sp³-hybridized carbons (Fsp3) is 0.500. The van der Waals surface area contributed by atoms with Gasteiger partial charge >= 0.3 is 5.97 Å². The number of aryl methyl sites for hydroxylation is 2. The van der Waals surface area contributed by atoms with Crippen molar-refractivity contribution >= 4 is 23.1 Å². The number of ether oxygens (including phenoxy) is 1. The molecule has 2 N–H and O–H groups in total. The zero-order valence-corrected chi connectivity index (χ0v) is 10.3. The van der Waals surface area contributed by atoms with Crippen LogP contribution in [0.2, 0.25) is 0 Å². The number of carbonyl (C=O) groups is 1. The van der Waals surface area contributed by atoms with Gasteiger partial charge in [-0.05, 0) is 13.8 Å². The molecule has 17 heavy (non-hydrogen) atoms. The molecule has 1 unspecified atom stereocenters. The van der Waals surface area contributed by atoms with Crippen molar-refractivity contribution in [2.75, 3.05) is 12.8 Å². The van der Waals surface area contributed by atoms with Gasteiger partial charge in [-0.2, -0.15) is 5.10 Å². The molecule has 0 radical (unpaired) electrons. The number of nitrogen functional groups attached to an aromatic ring is 1. The lowest BCUT2D eigenvalue weighted by atomic mass is 10.3. The lowest BCUT2D eigenvalue weighted by molar-refractivity contribution is -0.143. The van der Waals surface area contributed by atoms with E-state index in [1.165, 1.54) is 7.11 Å². The molecule has 2 aromatic rings. The number of nitrogens with two attached hydrogens (primary N) is 1. The molecular formula is C10H15N5O2. The normalized spacial score (nSPS) is 12.9. The van der Waals surface area contributed by atoms with Gasteiger partial charge < -0.3 is 10.5 Å². The SMILES string of the molecule is COC(=O)C(C)n1c(N)nc2c(C)nn(C)c21. The van der Waals surface area contributed by atoms with Crippen LogP contribution in [-0.4, -0.2) is 32.4 Å². The molecule has 2 rings (SSSR count). The second-order valence-corrected chi connectivity index (χ2v) is 3.92. The first-order valence-corrected chi connectivity index (χ1v) is 5.22. The van der Waals surface area contributed by atoms with Crippen LogP contribution >= 0.6 is 0 Å². The van der Waals surface area contributed by atoms with Gasteiger partial charge in [0, 0.05) is 7.05 Å². The van der Waals surface area contributed by atoms with Crippen molar-refractivity contribution in [1.82, 2.24) is 19.3 Å². The van der Waals surface area contributed by atoms with E-state index >= 15 is 0 Å². The Kier molecular flexibility index (Phi) is 2.53. The van der Waals surface area contributed by atoms with Gasteiger partial charge in [-0.25, -0.2) is 9.78 Å². The van der Waals surface area contributed by atoms with E-state index in [0.29, 0.717) is 5.52 Å². The molecule has 0 bridgehead atoms. The van der Waals surface area contributed by atoms with Gasteiger partial charge in [0.1, 0.15) is 11.6 Å². The van der Waals surface area contributed by atoms with Crippen molar-refractivity contribution in [3.63, 3.8) is 0 Å². The Hall–Kier alpha value is -2.05. The van der Waals surface area contributed by atoms with Crippen LogP contribution in [0, 0.1) is 6.92 Å². The molecule has 0 aliphatic carbocycles. The number of carbonyl (C=O) groups excluding carboxylic acids is 1. The highest BCUT2D eigenvalue weighted by atomic mass is 16.5. The summed E-state index contributed by atoms with van der Waals surface area (Å²) in [7, 11) is 3.13. The number of methoxy groups -OCH3 is 1. The van der Waals surface area contributed by atoms with E-state index in [1.807, 2.05) is 6.92 Å². The fourth-order valence-electron chi connectivity index (χ4n) is 1.97. The molecule has 7 nitrogen and oxygen atoms in total. The molecule has 1 atom stereocenters. The number of esters is 1. The van der Waals surface area contributed by atoms with E-state index in [9.17, 15) is 4.79 Å². The summed E-state index contributed by atoms with van der Waals surface area (Å²) < 4.78 is 8.00. The van der Waals surface area contributed by atoms with Crippen LogP contribution in [0.25, 0.3) is 11.2 Å². The van der Waals surface area contributed by atoms with E-state index in [4.69, 9.17) is 10.5 Å². The predicted molar refractivity (Wildman–Crippen MR) is 62.4 cm³/mol. The van der Waals surface area contributed by atoms with Crippen LogP contribution in [0.15, 0.2) is 0 Å². The van der Waals surface area contributed by atoms with Gasteiger partial charge in [-0.3, -0.25) is 9.25 Å². The van der Waals surface area contributed by atoms with Crippen molar-refractivity contribution in [3.05, 3.63) is 5.69 Å². The average Bonchev–Trinajstić information content (AvgIpc) is 2.76. The molecular weight excluding hydrogens is 222 g/mol. The van der Waals surface area contributed by atoms with Gasteiger partial charge in [0.15, 0.2) is 5.65 Å². The number of imidazole rings is 1. The lowest BCUT2D eigenvalue weighted by Crippen LogP contribution is -2.20. The molecule has 0 aromatic carbocycles. The maximum Gasteiger partial charge on any atom is 0.328 e. The third kappa shape index (κ3) is 1.54. The fourth-order valence-corrected chi connectivity index (χ4v) is 1.97. The minimum Gasteiger partial charge on any atom is -0.467 e. The number of anilines is 1. The topological polar surface area (TPSA) is 88.0 Å². The summed E-state index contributed by atoms with van der Waals surface area (Å²) in [6.45, 7) is 3.56. The van der Waals surface area contributed by atoms with Gasteiger partial charge in [0.25, 0.3) is 0 Å². The van der Waals surface area contributed by atoms with Crippen molar-refractivity contribution in [2.24, 2.45) is 7.05 Å². The summed E-state index contributed by atoms with van der Waals surface area (Å²) in [4.78, 5) is 15.8. The highest BCUT2D eigenvalue weighted by molar-refractivity contribution is 5.82.